The molecule has 8 nitrogen and oxygen atoms in total. The number of methoxy groups -OCH3 is 3. The van der Waals surface area contributed by atoms with Crippen LogP contribution in [0.1, 0.15) is 19.4 Å². The number of carbonyl (C=O) groups is 1. The van der Waals surface area contributed by atoms with Gasteiger partial charge in [-0.2, -0.15) is 0 Å². The maximum atomic E-state index is 11.8. The van der Waals surface area contributed by atoms with E-state index in [1.807, 2.05) is 68.4 Å². The topological polar surface area (TPSA) is 90.9 Å². The molecule has 0 radical (unpaired) electrons. The number of fused-ring (bicyclic) bond motifs is 2. The lowest BCUT2D eigenvalue weighted by Gasteiger charge is -2.16. The number of rotatable bonds is 8. The zero-order valence-electron chi connectivity index (χ0n) is 20.5. The molecule has 0 saturated heterocycles. The number of ether oxygens (including phenoxy) is 4. The van der Waals surface area contributed by atoms with E-state index in [1.165, 1.54) is 0 Å². The molecule has 35 heavy (non-hydrogen) atoms. The Morgan fingerprint density at radius 1 is 0.857 bits per heavy atom. The molecule has 1 aromatic heterocycles. The van der Waals surface area contributed by atoms with Crippen LogP contribution in [0, 0.1) is 0 Å². The average Bonchev–Trinajstić information content (AvgIpc) is 2.86. The van der Waals surface area contributed by atoms with Crippen molar-refractivity contribution in [1.29, 1.82) is 0 Å². The number of hydrogen-bond acceptors (Lipinski definition) is 7. The van der Waals surface area contributed by atoms with Gasteiger partial charge < -0.3 is 29.6 Å². The summed E-state index contributed by atoms with van der Waals surface area (Å²) in [4.78, 5) is 16.6. The molecule has 182 valence electrons. The van der Waals surface area contributed by atoms with Gasteiger partial charge in [0.2, 0.25) is 0 Å². The van der Waals surface area contributed by atoms with Crippen molar-refractivity contribution in [2.45, 2.75) is 26.5 Å². The summed E-state index contributed by atoms with van der Waals surface area (Å²) < 4.78 is 21.7. The summed E-state index contributed by atoms with van der Waals surface area (Å²) in [6, 6.07) is 17.3. The summed E-state index contributed by atoms with van der Waals surface area (Å²) in [6.07, 6.45) is -0.435. The Bertz CT molecular complexity index is 1350. The fraction of sp³-hybridized carbons (Fsp3) is 0.259. The monoisotopic (exact) mass is 475 g/mol. The molecule has 0 spiro atoms. The highest BCUT2D eigenvalue weighted by molar-refractivity contribution is 6.09. The maximum Gasteiger partial charge on any atom is 0.407 e. The van der Waals surface area contributed by atoms with Gasteiger partial charge in [0.1, 0.15) is 12.4 Å². The highest BCUT2D eigenvalue weighted by Crippen LogP contribution is 2.40. The van der Waals surface area contributed by atoms with Gasteiger partial charge >= 0.3 is 6.09 Å². The van der Waals surface area contributed by atoms with E-state index in [1.54, 1.807) is 21.3 Å². The molecular formula is C27H29N3O5. The van der Waals surface area contributed by atoms with Crippen LogP contribution in [0.5, 0.6) is 17.2 Å². The first-order valence-corrected chi connectivity index (χ1v) is 11.2. The van der Waals surface area contributed by atoms with Crippen molar-refractivity contribution in [1.82, 2.24) is 10.3 Å². The van der Waals surface area contributed by atoms with E-state index < -0.39 is 6.09 Å². The van der Waals surface area contributed by atoms with E-state index in [0.29, 0.717) is 11.5 Å². The summed E-state index contributed by atoms with van der Waals surface area (Å²) in [6.45, 7) is 3.96. The molecule has 2 N–H and O–H groups in total. The third-order valence-corrected chi connectivity index (χ3v) is 5.48. The fourth-order valence-corrected chi connectivity index (χ4v) is 3.77. The van der Waals surface area contributed by atoms with E-state index in [9.17, 15) is 4.79 Å². The van der Waals surface area contributed by atoms with Gasteiger partial charge in [0.25, 0.3) is 0 Å². The second-order valence-electron chi connectivity index (χ2n) is 8.29. The Kier molecular flexibility index (Phi) is 7.10. The Hall–Kier alpha value is -4.20. The summed E-state index contributed by atoms with van der Waals surface area (Å²) >= 11 is 0. The maximum absolute atomic E-state index is 11.8. The van der Waals surface area contributed by atoms with Crippen molar-refractivity contribution >= 4 is 39.3 Å². The minimum Gasteiger partial charge on any atom is -0.497 e. The molecule has 1 heterocycles. The predicted molar refractivity (Wildman–Crippen MR) is 137 cm³/mol. The van der Waals surface area contributed by atoms with Crippen LogP contribution >= 0.6 is 0 Å². The number of benzene rings is 3. The SMILES string of the molecule is COc1ccc2nc3cc(OC)c(OC)cc3c(Nc3ccc(COC(=O)NC(C)C)cc3)c2c1. The third kappa shape index (κ3) is 5.32. The number of amides is 1. The third-order valence-electron chi connectivity index (χ3n) is 5.48. The molecule has 0 aliphatic carbocycles. The number of pyridine rings is 1. The van der Waals surface area contributed by atoms with Gasteiger partial charge in [0, 0.05) is 28.6 Å². The van der Waals surface area contributed by atoms with E-state index in [2.05, 4.69) is 10.6 Å². The largest absolute Gasteiger partial charge is 0.497 e. The lowest BCUT2D eigenvalue weighted by Crippen LogP contribution is -2.30. The minimum absolute atomic E-state index is 0.0244. The van der Waals surface area contributed by atoms with Gasteiger partial charge in [-0.1, -0.05) is 12.1 Å². The molecular weight excluding hydrogens is 446 g/mol. The van der Waals surface area contributed by atoms with Crippen LogP contribution in [0.2, 0.25) is 0 Å². The lowest BCUT2D eigenvalue weighted by molar-refractivity contribution is 0.137. The van der Waals surface area contributed by atoms with Crippen LogP contribution in [-0.4, -0.2) is 38.4 Å². The number of aromatic nitrogens is 1. The van der Waals surface area contributed by atoms with Crippen LogP contribution in [0.4, 0.5) is 16.2 Å². The van der Waals surface area contributed by atoms with Gasteiger partial charge in [-0.05, 0) is 55.8 Å². The van der Waals surface area contributed by atoms with Gasteiger partial charge in [-0.25, -0.2) is 9.78 Å². The second kappa shape index (κ2) is 10.4. The Balaban J connectivity index is 1.71. The normalized spacial score (nSPS) is 10.9. The molecule has 1 amide bonds. The molecule has 0 aliphatic rings. The van der Waals surface area contributed by atoms with Crippen LogP contribution in [0.3, 0.4) is 0 Å². The minimum atomic E-state index is -0.435. The summed E-state index contributed by atoms with van der Waals surface area (Å²) in [5, 5.41) is 8.03. The molecule has 0 bridgehead atoms. The smallest absolute Gasteiger partial charge is 0.407 e. The van der Waals surface area contributed by atoms with Crippen LogP contribution in [0.25, 0.3) is 21.8 Å². The molecule has 0 atom stereocenters. The van der Waals surface area contributed by atoms with E-state index in [4.69, 9.17) is 23.9 Å². The number of alkyl carbamates (subject to hydrolysis) is 1. The number of nitrogens with one attached hydrogen (secondary N) is 2. The zero-order chi connectivity index (χ0) is 24.9. The molecule has 4 rings (SSSR count). The highest BCUT2D eigenvalue weighted by atomic mass is 16.5. The van der Waals surface area contributed by atoms with Gasteiger partial charge in [-0.3, -0.25) is 0 Å². The summed E-state index contributed by atoms with van der Waals surface area (Å²) in [5.74, 6) is 1.95. The van der Waals surface area contributed by atoms with Gasteiger partial charge in [0.05, 0.1) is 38.1 Å². The fourth-order valence-electron chi connectivity index (χ4n) is 3.77. The number of hydrogen-bond donors (Lipinski definition) is 2. The van der Waals surface area contributed by atoms with Crippen molar-refractivity contribution in [3.63, 3.8) is 0 Å². The lowest BCUT2D eigenvalue weighted by atomic mass is 10.1. The second-order valence-corrected chi connectivity index (χ2v) is 8.29. The zero-order valence-corrected chi connectivity index (χ0v) is 20.5. The first-order chi connectivity index (χ1) is 16.9. The summed E-state index contributed by atoms with van der Waals surface area (Å²) in [7, 11) is 4.85. The summed E-state index contributed by atoms with van der Waals surface area (Å²) in [5.41, 5.74) is 4.20. The molecule has 8 heteroatoms. The number of anilines is 2. The Morgan fingerprint density at radius 3 is 2.20 bits per heavy atom. The molecule has 0 unspecified atom stereocenters. The van der Waals surface area contributed by atoms with Crippen molar-refractivity contribution in [2.24, 2.45) is 0 Å². The predicted octanol–water partition coefficient (Wildman–Crippen LogP) is 5.79. The molecule has 0 saturated carbocycles. The van der Waals surface area contributed by atoms with E-state index in [0.717, 1.165) is 44.5 Å². The van der Waals surface area contributed by atoms with Crippen molar-refractivity contribution < 1.29 is 23.7 Å². The van der Waals surface area contributed by atoms with Crippen LogP contribution in [-0.2, 0) is 11.3 Å². The Labute approximate surface area is 204 Å². The molecule has 0 fully saturated rings. The first-order valence-electron chi connectivity index (χ1n) is 11.2. The average molecular weight is 476 g/mol. The first kappa shape index (κ1) is 23.9. The van der Waals surface area contributed by atoms with Gasteiger partial charge in [-0.15, -0.1) is 0 Å². The van der Waals surface area contributed by atoms with E-state index in [-0.39, 0.29) is 12.6 Å². The van der Waals surface area contributed by atoms with Gasteiger partial charge in [0.15, 0.2) is 11.5 Å². The molecule has 4 aromatic rings. The van der Waals surface area contributed by atoms with Crippen LogP contribution < -0.4 is 24.8 Å². The number of nitrogens with zero attached hydrogens (tertiary/aromatic N) is 1. The van der Waals surface area contributed by atoms with Crippen molar-refractivity contribution in [2.75, 3.05) is 26.6 Å². The highest BCUT2D eigenvalue weighted by Gasteiger charge is 2.15. The van der Waals surface area contributed by atoms with Crippen molar-refractivity contribution in [3.05, 3.63) is 60.2 Å². The van der Waals surface area contributed by atoms with Crippen LogP contribution in [0.15, 0.2) is 54.6 Å². The molecule has 0 aliphatic heterocycles. The standard InChI is InChI=1S/C27H29N3O5/c1-16(2)28-27(31)35-15-17-6-8-18(9-7-17)29-26-20-12-19(32-3)10-11-22(20)30-23-14-25(34-5)24(33-4)13-21(23)26/h6-14,16H,15H2,1-5H3,(H,28,31)(H,29,30). The van der Waals surface area contributed by atoms with Crippen molar-refractivity contribution in [3.8, 4) is 17.2 Å². The number of carbonyl (C=O) groups excluding carboxylic acids is 1. The molecule has 3 aromatic carbocycles. The quantitative estimate of drug-likeness (QED) is 0.312. The Morgan fingerprint density at radius 2 is 1.54 bits per heavy atom. The van der Waals surface area contributed by atoms with E-state index >= 15 is 0 Å².